The summed E-state index contributed by atoms with van der Waals surface area (Å²) < 4.78 is 41.8. The standard InChI is InChI=1S/C50H62N12O11/c1-6-61-38(23-31(3)57-61)40(63)30-54-50-55-37-26-34(47(52)67)28-42(72-15-10-14-68-5)45(37)60(50)13-9-8-12-59-44-35(36-29-53-48(56-49(36)59)39-24-32(4)58-62(39)7-2)25-33(46(51)66)27-41(44)73-22-21-71-20-19-70-18-17-69-16-11-43(64)65/h8-9,23-29H,6-7,10-22,30H2,1-5H3,(H2,51,66)(H2,52,67)(H,54,55)(H,64,65)/b9-8+. The van der Waals surface area contributed by atoms with Gasteiger partial charge in [-0.1, -0.05) is 12.2 Å². The van der Waals surface area contributed by atoms with E-state index in [-0.39, 0.29) is 95.8 Å². The van der Waals surface area contributed by atoms with Gasteiger partial charge in [0.2, 0.25) is 17.8 Å². The monoisotopic (exact) mass is 1010 g/mol. The summed E-state index contributed by atoms with van der Waals surface area (Å²) in [6, 6.07) is 10.2. The average Bonchev–Trinajstić information content (AvgIpc) is 4.14. The number of carbonyl (C=O) groups excluding carboxylic acids is 3. The van der Waals surface area contributed by atoms with Gasteiger partial charge in [-0.15, -0.1) is 0 Å². The molecule has 0 atom stereocenters. The van der Waals surface area contributed by atoms with Crippen LogP contribution in [-0.4, -0.2) is 145 Å². The number of imidazole rings is 1. The van der Waals surface area contributed by atoms with E-state index in [4.69, 9.17) is 59.9 Å². The Labute approximate surface area is 420 Å². The predicted octanol–water partition coefficient (Wildman–Crippen LogP) is 4.72. The van der Waals surface area contributed by atoms with Crippen molar-refractivity contribution < 1.29 is 52.7 Å². The Balaban J connectivity index is 1.22. The van der Waals surface area contributed by atoms with Gasteiger partial charge in [-0.2, -0.15) is 10.2 Å². The quantitative estimate of drug-likeness (QED) is 0.0260. The summed E-state index contributed by atoms with van der Waals surface area (Å²) in [4.78, 5) is 64.4. The fraction of sp³-hybridized carbons (Fsp3) is 0.420. The molecule has 2 amide bonds. The smallest absolute Gasteiger partial charge is 0.305 e. The maximum atomic E-state index is 13.6. The number of ether oxygens (including phenoxy) is 6. The van der Waals surface area contributed by atoms with Crippen molar-refractivity contribution in [2.45, 2.75) is 66.7 Å². The van der Waals surface area contributed by atoms with Crippen molar-refractivity contribution in [2.24, 2.45) is 11.5 Å². The van der Waals surface area contributed by atoms with E-state index in [0.717, 1.165) is 17.1 Å². The number of primary amides is 2. The number of aromatic nitrogens is 9. The Hall–Kier alpha value is -7.73. The molecule has 23 heteroatoms. The van der Waals surface area contributed by atoms with Gasteiger partial charge < -0.3 is 59.4 Å². The number of aryl methyl sites for hydroxylation is 4. The number of nitrogens with zero attached hydrogens (tertiary/aromatic N) is 9. The molecule has 0 aliphatic rings. The molecule has 0 aliphatic carbocycles. The molecular weight excluding hydrogens is 945 g/mol. The van der Waals surface area contributed by atoms with Crippen LogP contribution in [0.5, 0.6) is 11.5 Å². The lowest BCUT2D eigenvalue weighted by Gasteiger charge is -2.14. The third-order valence-electron chi connectivity index (χ3n) is 11.5. The Bertz CT molecular complexity index is 3120. The van der Waals surface area contributed by atoms with Gasteiger partial charge in [-0.05, 0) is 64.1 Å². The first-order valence-corrected chi connectivity index (χ1v) is 24.0. The number of allylic oxidation sites excluding steroid dienone is 2. The summed E-state index contributed by atoms with van der Waals surface area (Å²) in [5, 5.41) is 22.3. The van der Waals surface area contributed by atoms with E-state index in [1.54, 1.807) is 48.3 Å². The van der Waals surface area contributed by atoms with E-state index in [2.05, 4.69) is 15.5 Å². The summed E-state index contributed by atoms with van der Waals surface area (Å²) in [5.41, 5.74) is 17.0. The molecule has 0 saturated carbocycles. The Morgan fingerprint density at radius 2 is 1.32 bits per heavy atom. The fourth-order valence-corrected chi connectivity index (χ4v) is 8.20. The number of carbonyl (C=O) groups is 4. The molecule has 23 nitrogen and oxygen atoms in total. The summed E-state index contributed by atoms with van der Waals surface area (Å²) in [5.74, 6) is -0.894. The highest BCUT2D eigenvalue weighted by molar-refractivity contribution is 6.12. The summed E-state index contributed by atoms with van der Waals surface area (Å²) in [6.45, 7) is 11.4. The number of nitrogens with one attached hydrogen (secondary N) is 1. The maximum absolute atomic E-state index is 13.6. The molecule has 0 unspecified atom stereocenters. The van der Waals surface area contributed by atoms with Crippen LogP contribution in [0.4, 0.5) is 5.95 Å². The summed E-state index contributed by atoms with van der Waals surface area (Å²) in [7, 11) is 1.60. The van der Waals surface area contributed by atoms with E-state index in [0.29, 0.717) is 88.1 Å². The van der Waals surface area contributed by atoms with Gasteiger partial charge in [0, 0.05) is 74.4 Å². The lowest BCUT2D eigenvalue weighted by atomic mass is 10.1. The van der Waals surface area contributed by atoms with Gasteiger partial charge in [0.15, 0.2) is 11.6 Å². The van der Waals surface area contributed by atoms with Gasteiger partial charge in [0.25, 0.3) is 0 Å². The Kier molecular flexibility index (Phi) is 18.2. The third-order valence-corrected chi connectivity index (χ3v) is 11.5. The van der Waals surface area contributed by atoms with Gasteiger partial charge >= 0.3 is 5.97 Å². The molecule has 6 N–H and O–H groups in total. The van der Waals surface area contributed by atoms with Crippen LogP contribution in [0.25, 0.3) is 44.5 Å². The van der Waals surface area contributed by atoms with Crippen LogP contribution in [0.2, 0.25) is 0 Å². The first-order valence-electron chi connectivity index (χ1n) is 24.0. The fourth-order valence-electron chi connectivity index (χ4n) is 8.20. The molecule has 0 fully saturated rings. The largest absolute Gasteiger partial charge is 0.491 e. The van der Waals surface area contributed by atoms with Crippen molar-refractivity contribution >= 4 is 62.5 Å². The minimum Gasteiger partial charge on any atom is -0.491 e. The minimum atomic E-state index is -0.928. The van der Waals surface area contributed by atoms with Crippen molar-refractivity contribution in [3.8, 4) is 23.0 Å². The zero-order valence-electron chi connectivity index (χ0n) is 41.7. The Morgan fingerprint density at radius 1 is 0.699 bits per heavy atom. The van der Waals surface area contributed by atoms with Crippen molar-refractivity contribution in [1.29, 1.82) is 0 Å². The number of anilines is 1. The highest BCUT2D eigenvalue weighted by atomic mass is 16.6. The molecule has 0 bridgehead atoms. The zero-order valence-corrected chi connectivity index (χ0v) is 41.7. The highest BCUT2D eigenvalue weighted by Crippen LogP contribution is 2.37. The van der Waals surface area contributed by atoms with Crippen molar-refractivity contribution in [2.75, 3.05) is 78.4 Å². The lowest BCUT2D eigenvalue weighted by Crippen LogP contribution is -2.20. The van der Waals surface area contributed by atoms with Crippen molar-refractivity contribution in [3.05, 3.63) is 83.0 Å². The number of amides is 2. The maximum Gasteiger partial charge on any atom is 0.305 e. The number of hydrogen-bond acceptors (Lipinski definition) is 16. The van der Waals surface area contributed by atoms with Gasteiger partial charge in [0.1, 0.15) is 40.7 Å². The van der Waals surface area contributed by atoms with E-state index in [1.165, 1.54) is 0 Å². The molecular formula is C50H62N12O11. The number of rotatable bonds is 31. The van der Waals surface area contributed by atoms with Gasteiger partial charge in [-0.3, -0.25) is 28.5 Å². The molecule has 0 aliphatic heterocycles. The van der Waals surface area contributed by atoms with E-state index in [1.807, 2.05) is 59.7 Å². The van der Waals surface area contributed by atoms with E-state index in [9.17, 15) is 19.2 Å². The first kappa shape index (κ1) is 53.1. The van der Waals surface area contributed by atoms with Crippen LogP contribution in [0.15, 0.2) is 54.7 Å². The van der Waals surface area contributed by atoms with E-state index >= 15 is 0 Å². The normalized spacial score (nSPS) is 11.7. The van der Waals surface area contributed by atoms with Crippen molar-refractivity contribution in [3.63, 3.8) is 0 Å². The van der Waals surface area contributed by atoms with Gasteiger partial charge in [-0.25, -0.2) is 15.0 Å². The van der Waals surface area contributed by atoms with Crippen LogP contribution in [0.3, 0.4) is 0 Å². The molecule has 5 heterocycles. The SMILES string of the molecule is CCn1nc(C)cc1C(=O)CNc1nc2cc(C(N)=O)cc(OCCCOC)c2n1C/C=C/Cn1c2nc(-c3cc(C)nn3CC)ncc2c2cc(C(N)=O)cc(OCCOCCOCCOCCC(=O)O)c21. The molecule has 2 aromatic carbocycles. The molecule has 7 rings (SSSR count). The lowest BCUT2D eigenvalue weighted by molar-refractivity contribution is -0.138. The predicted molar refractivity (Wildman–Crippen MR) is 270 cm³/mol. The Morgan fingerprint density at radius 3 is 1.99 bits per heavy atom. The first-order chi connectivity index (χ1) is 35.3. The van der Waals surface area contributed by atoms with Crippen LogP contribution < -0.4 is 26.3 Å². The number of aliphatic carboxylic acids is 1. The number of benzene rings is 2. The van der Waals surface area contributed by atoms with Crippen LogP contribution in [-0.2, 0) is 49.9 Å². The van der Waals surface area contributed by atoms with Crippen molar-refractivity contribution in [1.82, 2.24) is 43.6 Å². The number of carboxylic acid groups (broad SMARTS) is 1. The number of fused-ring (bicyclic) bond motifs is 4. The molecule has 5 aromatic heterocycles. The molecule has 73 heavy (non-hydrogen) atoms. The number of Topliss-reactive ketones (excluding diaryl/α,β-unsaturated/α-hetero) is 1. The van der Waals surface area contributed by atoms with Gasteiger partial charge in [0.05, 0.1) is 81.6 Å². The summed E-state index contributed by atoms with van der Waals surface area (Å²) >= 11 is 0. The highest BCUT2D eigenvalue weighted by Gasteiger charge is 2.23. The number of carboxylic acids is 1. The second-order valence-corrected chi connectivity index (χ2v) is 16.8. The number of ketones is 1. The molecule has 7 aromatic rings. The number of hydrogen-bond donors (Lipinski definition) is 4. The number of methoxy groups -OCH3 is 1. The zero-order chi connectivity index (χ0) is 52.0. The van der Waals surface area contributed by atoms with Crippen LogP contribution >= 0.6 is 0 Å². The second kappa shape index (κ2) is 25.1. The third kappa shape index (κ3) is 13.0. The molecule has 0 radical (unpaired) electrons. The minimum absolute atomic E-state index is 0.0767. The average molecular weight is 1010 g/mol. The topological polar surface area (TPSA) is 292 Å². The molecule has 0 spiro atoms. The van der Waals surface area contributed by atoms with E-state index < -0.39 is 17.8 Å². The van der Waals surface area contributed by atoms with Crippen LogP contribution in [0.1, 0.15) is 69.3 Å². The number of nitrogens with two attached hydrogens (primary N) is 2. The second-order valence-electron chi connectivity index (χ2n) is 16.8. The summed E-state index contributed by atoms with van der Waals surface area (Å²) in [6.07, 6.45) is 6.11. The molecule has 0 saturated heterocycles. The van der Waals surface area contributed by atoms with Crippen LogP contribution in [0, 0.1) is 13.8 Å². The molecule has 388 valence electrons.